The fourth-order valence-corrected chi connectivity index (χ4v) is 2.65. The second-order valence-corrected chi connectivity index (χ2v) is 7.57. The molecule has 0 aromatic rings. The fraction of sp³-hybridized carbons (Fsp3) is 1.00. The van der Waals surface area contributed by atoms with E-state index in [1.165, 1.54) is 0 Å². The normalized spacial score (nSPS) is 15.1. The summed E-state index contributed by atoms with van der Waals surface area (Å²) < 4.78 is 25.8. The Morgan fingerprint density at radius 3 is 2.31 bits per heavy atom. The van der Waals surface area contributed by atoms with Gasteiger partial charge < -0.3 is 5.73 Å². The Morgan fingerprint density at radius 2 is 1.88 bits per heavy atom. The maximum atomic E-state index is 11.6. The summed E-state index contributed by atoms with van der Waals surface area (Å²) in [7, 11) is -3.10. The highest BCUT2D eigenvalue weighted by molar-refractivity contribution is 7.89. The molecule has 98 valence electrons. The molecule has 0 aromatic heterocycles. The maximum Gasteiger partial charge on any atom is 0.211 e. The van der Waals surface area contributed by atoms with Gasteiger partial charge in [-0.15, -0.1) is 0 Å². The van der Waals surface area contributed by atoms with Crippen LogP contribution in [0, 0.1) is 5.41 Å². The molecule has 5 heteroatoms. The van der Waals surface area contributed by atoms with Crippen LogP contribution in [0.1, 0.15) is 47.0 Å². The van der Waals surface area contributed by atoms with Gasteiger partial charge in [-0.2, -0.15) is 0 Å². The van der Waals surface area contributed by atoms with Gasteiger partial charge in [-0.3, -0.25) is 0 Å². The van der Waals surface area contributed by atoms with Crippen molar-refractivity contribution in [2.45, 2.75) is 53.0 Å². The van der Waals surface area contributed by atoms with E-state index in [9.17, 15) is 8.42 Å². The van der Waals surface area contributed by atoms with Crippen LogP contribution >= 0.6 is 0 Å². The van der Waals surface area contributed by atoms with E-state index < -0.39 is 10.0 Å². The Balaban J connectivity index is 3.80. The monoisotopic (exact) mass is 250 g/mol. The van der Waals surface area contributed by atoms with Crippen LogP contribution in [0.15, 0.2) is 0 Å². The average molecular weight is 250 g/mol. The van der Waals surface area contributed by atoms with Gasteiger partial charge in [0, 0.05) is 12.6 Å². The van der Waals surface area contributed by atoms with Crippen molar-refractivity contribution in [3.63, 3.8) is 0 Å². The van der Waals surface area contributed by atoms with E-state index in [2.05, 4.69) is 4.72 Å². The summed E-state index contributed by atoms with van der Waals surface area (Å²) in [5.41, 5.74) is 5.64. The third kappa shape index (κ3) is 10.4. The molecule has 4 nitrogen and oxygen atoms in total. The van der Waals surface area contributed by atoms with Gasteiger partial charge in [0.15, 0.2) is 0 Å². The first-order valence-corrected chi connectivity index (χ1v) is 7.50. The van der Waals surface area contributed by atoms with E-state index in [0.29, 0.717) is 13.0 Å². The fourth-order valence-electron chi connectivity index (χ4n) is 1.16. The molecular formula is C11H26N2O2S. The van der Waals surface area contributed by atoms with Gasteiger partial charge in [0.1, 0.15) is 0 Å². The second kappa shape index (κ2) is 6.57. The maximum absolute atomic E-state index is 11.6. The number of sulfonamides is 1. The largest absolute Gasteiger partial charge is 0.328 e. The Bertz CT molecular complexity index is 279. The average Bonchev–Trinajstić information content (AvgIpc) is 2.08. The lowest BCUT2D eigenvalue weighted by Gasteiger charge is -2.17. The zero-order valence-electron chi connectivity index (χ0n) is 10.9. The molecule has 0 aliphatic carbocycles. The molecule has 0 saturated carbocycles. The van der Waals surface area contributed by atoms with Gasteiger partial charge in [-0.25, -0.2) is 13.1 Å². The summed E-state index contributed by atoms with van der Waals surface area (Å²) in [6, 6.07) is 0.138. The summed E-state index contributed by atoms with van der Waals surface area (Å²) in [5, 5.41) is 0. The van der Waals surface area contributed by atoms with Crippen LogP contribution in [0.3, 0.4) is 0 Å². The van der Waals surface area contributed by atoms with Crippen LogP contribution in [-0.2, 0) is 10.0 Å². The van der Waals surface area contributed by atoms with Gasteiger partial charge in [0.2, 0.25) is 10.0 Å². The van der Waals surface area contributed by atoms with Crippen molar-refractivity contribution in [2.75, 3.05) is 12.3 Å². The molecule has 0 rings (SSSR count). The van der Waals surface area contributed by atoms with Gasteiger partial charge in [0.25, 0.3) is 0 Å². The molecule has 1 atom stereocenters. The van der Waals surface area contributed by atoms with E-state index in [4.69, 9.17) is 5.73 Å². The SMILES string of the molecule is CC(N)CCCNS(=O)(=O)CCC(C)(C)C. The Kier molecular flexibility index (Phi) is 6.51. The van der Waals surface area contributed by atoms with Crippen molar-refractivity contribution in [1.29, 1.82) is 0 Å². The Hall–Kier alpha value is -0.130. The minimum absolute atomic E-state index is 0.0561. The molecule has 0 aliphatic heterocycles. The van der Waals surface area contributed by atoms with Crippen molar-refractivity contribution < 1.29 is 8.42 Å². The van der Waals surface area contributed by atoms with Gasteiger partial charge in [-0.05, 0) is 31.6 Å². The lowest BCUT2D eigenvalue weighted by atomic mass is 9.94. The smallest absolute Gasteiger partial charge is 0.211 e. The molecule has 3 N–H and O–H groups in total. The molecule has 1 unspecified atom stereocenters. The number of hydrogen-bond donors (Lipinski definition) is 2. The standard InChI is InChI=1S/C11H26N2O2S/c1-10(12)6-5-8-13-16(14,15)9-7-11(2,3)4/h10,13H,5-9,12H2,1-4H3. The highest BCUT2D eigenvalue weighted by atomic mass is 32.2. The first-order valence-electron chi connectivity index (χ1n) is 5.85. The lowest BCUT2D eigenvalue weighted by Crippen LogP contribution is -2.30. The third-order valence-corrected chi connectivity index (χ3v) is 3.66. The molecular weight excluding hydrogens is 224 g/mol. The highest BCUT2D eigenvalue weighted by Crippen LogP contribution is 2.18. The molecule has 0 saturated heterocycles. The number of nitrogens with one attached hydrogen (secondary N) is 1. The summed E-state index contributed by atoms with van der Waals surface area (Å²) in [6.07, 6.45) is 2.32. The van der Waals surface area contributed by atoms with Crippen molar-refractivity contribution >= 4 is 10.0 Å². The van der Waals surface area contributed by atoms with Gasteiger partial charge in [-0.1, -0.05) is 20.8 Å². The Morgan fingerprint density at radius 1 is 1.31 bits per heavy atom. The molecule has 0 amide bonds. The molecule has 0 radical (unpaired) electrons. The second-order valence-electron chi connectivity index (χ2n) is 5.64. The van der Waals surface area contributed by atoms with Crippen LogP contribution in [0.5, 0.6) is 0 Å². The van der Waals surface area contributed by atoms with E-state index in [-0.39, 0.29) is 17.2 Å². The molecule has 0 bridgehead atoms. The molecule has 0 aromatic carbocycles. The Labute approximate surface area is 100 Å². The van der Waals surface area contributed by atoms with Crippen molar-refractivity contribution in [3.8, 4) is 0 Å². The highest BCUT2D eigenvalue weighted by Gasteiger charge is 2.16. The van der Waals surface area contributed by atoms with E-state index >= 15 is 0 Å². The van der Waals surface area contributed by atoms with Crippen molar-refractivity contribution in [1.82, 2.24) is 4.72 Å². The zero-order chi connectivity index (χ0) is 12.8. The minimum atomic E-state index is -3.10. The molecule has 0 aliphatic rings. The predicted octanol–water partition coefficient (Wildman–Crippen LogP) is 1.47. The quantitative estimate of drug-likeness (QED) is 0.672. The van der Waals surface area contributed by atoms with E-state index in [0.717, 1.165) is 12.8 Å². The van der Waals surface area contributed by atoms with Crippen molar-refractivity contribution in [3.05, 3.63) is 0 Å². The van der Waals surface area contributed by atoms with Crippen LogP contribution in [0.2, 0.25) is 0 Å². The van der Waals surface area contributed by atoms with Crippen LogP contribution in [0.4, 0.5) is 0 Å². The van der Waals surface area contributed by atoms with Crippen LogP contribution in [-0.4, -0.2) is 26.8 Å². The topological polar surface area (TPSA) is 72.2 Å². The third-order valence-electron chi connectivity index (χ3n) is 2.28. The summed E-state index contributed by atoms with van der Waals surface area (Å²) in [6.45, 7) is 8.54. The van der Waals surface area contributed by atoms with E-state index in [1.54, 1.807) is 0 Å². The lowest BCUT2D eigenvalue weighted by molar-refractivity contribution is 0.396. The molecule has 0 spiro atoms. The van der Waals surface area contributed by atoms with Crippen molar-refractivity contribution in [2.24, 2.45) is 11.1 Å². The first-order chi connectivity index (χ1) is 7.12. The summed E-state index contributed by atoms with van der Waals surface area (Å²) in [5.74, 6) is 0.203. The van der Waals surface area contributed by atoms with Gasteiger partial charge >= 0.3 is 0 Å². The van der Waals surface area contributed by atoms with Gasteiger partial charge in [0.05, 0.1) is 5.75 Å². The molecule has 0 fully saturated rings. The number of rotatable bonds is 7. The van der Waals surface area contributed by atoms with Crippen LogP contribution < -0.4 is 10.5 Å². The first kappa shape index (κ1) is 15.9. The molecule has 16 heavy (non-hydrogen) atoms. The summed E-state index contributed by atoms with van der Waals surface area (Å²) >= 11 is 0. The minimum Gasteiger partial charge on any atom is -0.328 e. The van der Waals surface area contributed by atoms with E-state index in [1.807, 2.05) is 27.7 Å². The summed E-state index contributed by atoms with van der Waals surface area (Å²) in [4.78, 5) is 0. The number of nitrogens with two attached hydrogens (primary N) is 1. The number of hydrogen-bond acceptors (Lipinski definition) is 3. The van der Waals surface area contributed by atoms with Crippen LogP contribution in [0.25, 0.3) is 0 Å². The zero-order valence-corrected chi connectivity index (χ0v) is 11.7. The molecule has 0 heterocycles. The predicted molar refractivity (Wildman–Crippen MR) is 68.7 cm³/mol.